The van der Waals surface area contributed by atoms with Crippen LogP contribution in [-0.4, -0.2) is 43.0 Å². The average Bonchev–Trinajstić information content (AvgIpc) is 2.56. The Morgan fingerprint density at radius 2 is 1.87 bits per heavy atom. The Morgan fingerprint density at radius 3 is 2.48 bits per heavy atom. The number of amides is 2. The molecule has 1 heterocycles. The zero-order valence-electron chi connectivity index (χ0n) is 14.3. The van der Waals surface area contributed by atoms with E-state index in [1.807, 2.05) is 4.90 Å². The number of carbonyl (C=O) groups is 2. The molecule has 1 saturated heterocycles. The van der Waals surface area contributed by atoms with Gasteiger partial charge >= 0.3 is 0 Å². The van der Waals surface area contributed by atoms with Crippen LogP contribution in [0.5, 0.6) is 0 Å². The van der Waals surface area contributed by atoms with Crippen molar-refractivity contribution in [1.29, 1.82) is 0 Å². The van der Waals surface area contributed by atoms with E-state index < -0.39 is 0 Å². The number of nitrogens with zero attached hydrogens (tertiary/aromatic N) is 1. The van der Waals surface area contributed by atoms with E-state index in [2.05, 4.69) is 5.32 Å². The number of hydrogen-bond donors (Lipinski definition) is 1. The maximum Gasteiger partial charge on any atom is 0.223 e. The van der Waals surface area contributed by atoms with Crippen molar-refractivity contribution >= 4 is 11.8 Å². The molecule has 1 N–H and O–H groups in total. The maximum absolute atomic E-state index is 12.4. The molecule has 2 aliphatic rings. The third kappa shape index (κ3) is 7.19. The number of morpholine rings is 1. The zero-order chi connectivity index (χ0) is 15.8. The van der Waals surface area contributed by atoms with Crippen LogP contribution in [-0.2, 0) is 47.0 Å². The first-order chi connectivity index (χ1) is 10.7. The van der Waals surface area contributed by atoms with E-state index in [0.717, 1.165) is 6.42 Å². The van der Waals surface area contributed by atoms with Gasteiger partial charge in [0, 0.05) is 58.1 Å². The summed E-state index contributed by atoms with van der Waals surface area (Å²) in [4.78, 5) is 26.6. The number of ether oxygens (including phenoxy) is 1. The van der Waals surface area contributed by atoms with E-state index in [4.69, 9.17) is 4.74 Å². The van der Waals surface area contributed by atoms with Crippen molar-refractivity contribution < 1.29 is 47.0 Å². The largest absolute Gasteiger partial charge is 0.506 e. The molecule has 2 rings (SSSR count). The second kappa shape index (κ2) is 11.5. The molecule has 1 aliphatic carbocycles. The average molecular weight is 398 g/mol. The summed E-state index contributed by atoms with van der Waals surface area (Å²) in [6, 6.07) is 0. The molecule has 1 aliphatic heterocycles. The normalized spacial score (nSPS) is 20.5. The summed E-state index contributed by atoms with van der Waals surface area (Å²) < 4.78 is 5.28. The molecule has 23 heavy (non-hydrogen) atoms. The van der Waals surface area contributed by atoms with E-state index in [1.54, 1.807) is 13.5 Å². The molecule has 0 bridgehead atoms. The second-order valence-corrected chi connectivity index (χ2v) is 6.43. The molecular formula is C17H29N2O3Y-. The maximum atomic E-state index is 12.4. The Bertz CT molecular complexity index is 367. The Kier molecular flexibility index (Phi) is 10.6. The van der Waals surface area contributed by atoms with Crippen molar-refractivity contribution in [3.63, 3.8) is 0 Å². The molecule has 0 spiro atoms. The van der Waals surface area contributed by atoms with Gasteiger partial charge in [0.2, 0.25) is 5.91 Å². The number of carbonyl (C=O) groups excluding carboxylic acids is 2. The summed E-state index contributed by atoms with van der Waals surface area (Å²) >= 11 is 0. The van der Waals surface area contributed by atoms with Crippen molar-refractivity contribution in [3.8, 4) is 0 Å². The van der Waals surface area contributed by atoms with Crippen LogP contribution in [0, 0.1) is 18.4 Å². The van der Waals surface area contributed by atoms with Gasteiger partial charge in [0.15, 0.2) is 5.91 Å². The zero-order valence-corrected chi connectivity index (χ0v) is 17.1. The van der Waals surface area contributed by atoms with Gasteiger partial charge in [-0.25, -0.2) is 6.54 Å². The van der Waals surface area contributed by atoms with Gasteiger partial charge < -0.3 is 15.0 Å². The quantitative estimate of drug-likeness (QED) is 0.698. The molecular weight excluding hydrogens is 369 g/mol. The van der Waals surface area contributed by atoms with Crippen molar-refractivity contribution in [3.05, 3.63) is 6.54 Å². The summed E-state index contributed by atoms with van der Waals surface area (Å²) in [6.07, 6.45) is 7.40. The molecule has 2 amide bonds. The third-order valence-corrected chi connectivity index (χ3v) is 4.78. The summed E-state index contributed by atoms with van der Waals surface area (Å²) in [5.41, 5.74) is 0. The van der Waals surface area contributed by atoms with Crippen LogP contribution >= 0.6 is 0 Å². The van der Waals surface area contributed by atoms with Crippen LogP contribution in [0.15, 0.2) is 0 Å². The van der Waals surface area contributed by atoms with E-state index in [1.165, 1.54) is 32.1 Å². The van der Waals surface area contributed by atoms with Crippen molar-refractivity contribution in [1.82, 2.24) is 10.2 Å². The molecule has 1 saturated carbocycles. The molecule has 0 aromatic rings. The van der Waals surface area contributed by atoms with Gasteiger partial charge in [0.1, 0.15) is 0 Å². The predicted octanol–water partition coefficient (Wildman–Crippen LogP) is 2.12. The summed E-state index contributed by atoms with van der Waals surface area (Å²) in [7, 11) is 0. The smallest absolute Gasteiger partial charge is 0.223 e. The molecule has 1 radical (unpaired) electrons. The van der Waals surface area contributed by atoms with E-state index >= 15 is 0 Å². The standard InChI is InChI=1S/C17H29N2O3.Y/c1-2-18-17(21)15(12-14-6-4-3-5-7-14)13-16(20)19-8-10-22-11-9-19;/h2,14-15H,3-13H2,1H3,(H,18,21);/q-1;/t15-;/m1./s1. The number of hydrogen-bond acceptors (Lipinski definition) is 3. The van der Waals surface area contributed by atoms with Gasteiger partial charge in [-0.1, -0.05) is 32.1 Å². The van der Waals surface area contributed by atoms with Gasteiger partial charge in [-0.3, -0.25) is 9.59 Å². The first-order valence-electron chi connectivity index (χ1n) is 8.64. The number of nitrogens with one attached hydrogen (secondary N) is 1. The first kappa shape index (κ1) is 21.0. The van der Waals surface area contributed by atoms with Crippen molar-refractivity contribution in [2.24, 2.45) is 11.8 Å². The Hall–Kier alpha value is 0.00390. The van der Waals surface area contributed by atoms with Crippen LogP contribution in [0.2, 0.25) is 0 Å². The van der Waals surface area contributed by atoms with Gasteiger partial charge in [0.25, 0.3) is 0 Å². The monoisotopic (exact) mass is 398 g/mol. The van der Waals surface area contributed by atoms with E-state index in [9.17, 15) is 9.59 Å². The van der Waals surface area contributed by atoms with Crippen LogP contribution in [0.1, 0.15) is 51.9 Å². The van der Waals surface area contributed by atoms with Gasteiger partial charge in [0.05, 0.1) is 13.2 Å². The van der Waals surface area contributed by atoms with Crippen LogP contribution < -0.4 is 5.32 Å². The van der Waals surface area contributed by atoms with Gasteiger partial charge in [-0.05, 0) is 12.3 Å². The Labute approximate surface area is 165 Å². The summed E-state index contributed by atoms with van der Waals surface area (Å²) in [5.74, 6) is 0.485. The van der Waals surface area contributed by atoms with Gasteiger partial charge in [-0.2, -0.15) is 6.92 Å². The Balaban J connectivity index is 0.00000264. The minimum atomic E-state index is -0.199. The summed E-state index contributed by atoms with van der Waals surface area (Å²) in [6.45, 7) is 5.98. The Morgan fingerprint density at radius 1 is 1.22 bits per heavy atom. The fourth-order valence-electron chi connectivity index (χ4n) is 3.52. The van der Waals surface area contributed by atoms with Crippen molar-refractivity contribution in [2.45, 2.75) is 51.9 Å². The minimum Gasteiger partial charge on any atom is -0.506 e. The fraction of sp³-hybridized carbons (Fsp3) is 0.824. The minimum absolute atomic E-state index is 0. The molecule has 6 heteroatoms. The molecule has 2 fully saturated rings. The summed E-state index contributed by atoms with van der Waals surface area (Å²) in [5, 5.41) is 2.78. The second-order valence-electron chi connectivity index (χ2n) is 6.43. The van der Waals surface area contributed by atoms with Crippen LogP contribution in [0.4, 0.5) is 0 Å². The van der Waals surface area contributed by atoms with E-state index in [0.29, 0.717) is 38.6 Å². The fourth-order valence-corrected chi connectivity index (χ4v) is 3.52. The van der Waals surface area contributed by atoms with Crippen molar-refractivity contribution in [2.75, 3.05) is 26.3 Å². The molecule has 0 unspecified atom stereocenters. The number of rotatable bonds is 6. The van der Waals surface area contributed by atoms with Crippen LogP contribution in [0.3, 0.4) is 0 Å². The molecule has 129 valence electrons. The van der Waals surface area contributed by atoms with Gasteiger partial charge in [-0.15, -0.1) is 0 Å². The molecule has 0 aromatic heterocycles. The molecule has 0 aromatic carbocycles. The predicted molar refractivity (Wildman–Crippen MR) is 84.8 cm³/mol. The first-order valence-corrected chi connectivity index (χ1v) is 8.64. The SMILES string of the molecule is C[CH-]NC(=O)[C@@H](CC(=O)N1CCOCC1)CC1CCCCC1.[Y]. The molecule has 1 atom stereocenters. The van der Waals surface area contributed by atoms with Crippen LogP contribution in [0.25, 0.3) is 0 Å². The topological polar surface area (TPSA) is 58.6 Å². The third-order valence-electron chi connectivity index (χ3n) is 4.78. The molecule has 5 nitrogen and oxygen atoms in total. The van der Waals surface area contributed by atoms with E-state index in [-0.39, 0.29) is 50.4 Å².